The average molecular weight is 350 g/mol. The highest BCUT2D eigenvalue weighted by Gasteiger charge is 2.17. The average Bonchev–Trinajstić information content (AvgIpc) is 3.23. The standard InChI is InChI=1S/C21H23N3S/c1-2-14-8-7-10-15-16(9-5-6-13-22)20(24-19(14)15)21-23-17-11-3-4-12-18(17)25-21/h3-4,7-8,10-12,24H,2,5-6,9,13,22H2,1H3. The number of para-hydroxylation sites is 2. The lowest BCUT2D eigenvalue weighted by molar-refractivity contribution is 0.748. The Morgan fingerprint density at radius 3 is 2.76 bits per heavy atom. The van der Waals surface area contributed by atoms with E-state index in [0.717, 1.165) is 42.8 Å². The number of aromatic nitrogens is 2. The zero-order valence-electron chi connectivity index (χ0n) is 14.5. The van der Waals surface area contributed by atoms with Crippen LogP contribution in [0.3, 0.4) is 0 Å². The van der Waals surface area contributed by atoms with Crippen LogP contribution in [0.15, 0.2) is 42.5 Å². The van der Waals surface area contributed by atoms with Gasteiger partial charge in [-0.15, -0.1) is 11.3 Å². The van der Waals surface area contributed by atoms with Gasteiger partial charge in [0, 0.05) is 10.9 Å². The maximum absolute atomic E-state index is 5.71. The number of hydrogen-bond donors (Lipinski definition) is 2. The molecule has 128 valence electrons. The lowest BCUT2D eigenvalue weighted by Gasteiger charge is -2.03. The Kier molecular flexibility index (Phi) is 4.55. The number of thiazole rings is 1. The normalized spacial score (nSPS) is 11.6. The second-order valence-corrected chi connectivity index (χ2v) is 7.43. The summed E-state index contributed by atoms with van der Waals surface area (Å²) in [5.41, 5.74) is 12.0. The molecule has 2 aromatic heterocycles. The largest absolute Gasteiger partial charge is 0.352 e. The van der Waals surface area contributed by atoms with Crippen molar-refractivity contribution in [1.29, 1.82) is 0 Å². The quantitative estimate of drug-likeness (QED) is 0.465. The molecular formula is C21H23N3S. The van der Waals surface area contributed by atoms with E-state index < -0.39 is 0 Å². The summed E-state index contributed by atoms with van der Waals surface area (Å²) < 4.78 is 1.24. The maximum Gasteiger partial charge on any atom is 0.141 e. The Morgan fingerprint density at radius 2 is 1.96 bits per heavy atom. The molecule has 3 N–H and O–H groups in total. The number of rotatable bonds is 6. The Morgan fingerprint density at radius 1 is 1.08 bits per heavy atom. The molecule has 4 aromatic rings. The van der Waals surface area contributed by atoms with Crippen LogP contribution in [0.4, 0.5) is 0 Å². The molecule has 0 radical (unpaired) electrons. The van der Waals surface area contributed by atoms with Gasteiger partial charge in [0.1, 0.15) is 5.01 Å². The minimum absolute atomic E-state index is 0.749. The number of nitrogens with zero attached hydrogens (tertiary/aromatic N) is 1. The number of H-pyrrole nitrogens is 1. The lowest BCUT2D eigenvalue weighted by Crippen LogP contribution is -1.99. The molecule has 0 spiro atoms. The van der Waals surface area contributed by atoms with Crippen molar-refractivity contribution in [2.45, 2.75) is 32.6 Å². The smallest absolute Gasteiger partial charge is 0.141 e. The van der Waals surface area contributed by atoms with E-state index in [0.29, 0.717) is 0 Å². The lowest BCUT2D eigenvalue weighted by atomic mass is 10.0. The minimum Gasteiger partial charge on any atom is -0.352 e. The Hall–Kier alpha value is -2.17. The third-order valence-electron chi connectivity index (χ3n) is 4.80. The van der Waals surface area contributed by atoms with Gasteiger partial charge in [0.05, 0.1) is 15.9 Å². The number of aryl methyl sites for hydroxylation is 2. The molecule has 0 bridgehead atoms. The van der Waals surface area contributed by atoms with Gasteiger partial charge in [-0.2, -0.15) is 0 Å². The van der Waals surface area contributed by atoms with E-state index in [9.17, 15) is 0 Å². The molecule has 0 amide bonds. The first-order valence-corrected chi connectivity index (χ1v) is 9.82. The van der Waals surface area contributed by atoms with Gasteiger partial charge >= 0.3 is 0 Å². The molecule has 0 aliphatic rings. The molecule has 0 aliphatic carbocycles. The molecule has 0 saturated carbocycles. The highest BCUT2D eigenvalue weighted by Crippen LogP contribution is 2.37. The van der Waals surface area contributed by atoms with Crippen LogP contribution in [0.2, 0.25) is 0 Å². The highest BCUT2D eigenvalue weighted by molar-refractivity contribution is 7.21. The second-order valence-electron chi connectivity index (χ2n) is 6.40. The van der Waals surface area contributed by atoms with Crippen LogP contribution in [0.25, 0.3) is 31.8 Å². The fourth-order valence-corrected chi connectivity index (χ4v) is 4.49. The first kappa shape index (κ1) is 16.3. The van der Waals surface area contributed by atoms with Gasteiger partial charge in [0.2, 0.25) is 0 Å². The monoisotopic (exact) mass is 349 g/mol. The Bertz CT molecular complexity index is 980. The Balaban J connectivity index is 1.89. The summed E-state index contributed by atoms with van der Waals surface area (Å²) >= 11 is 1.77. The Labute approximate surface area is 151 Å². The topological polar surface area (TPSA) is 54.7 Å². The van der Waals surface area contributed by atoms with Crippen molar-refractivity contribution < 1.29 is 0 Å². The van der Waals surface area contributed by atoms with E-state index >= 15 is 0 Å². The molecule has 2 heterocycles. The van der Waals surface area contributed by atoms with E-state index in [1.807, 2.05) is 6.07 Å². The fraction of sp³-hybridized carbons (Fsp3) is 0.286. The van der Waals surface area contributed by atoms with Crippen molar-refractivity contribution in [3.63, 3.8) is 0 Å². The molecule has 0 aliphatic heterocycles. The van der Waals surface area contributed by atoms with Gasteiger partial charge < -0.3 is 10.7 Å². The number of hydrogen-bond acceptors (Lipinski definition) is 3. The molecule has 0 atom stereocenters. The van der Waals surface area contributed by atoms with E-state index in [1.54, 1.807) is 11.3 Å². The minimum atomic E-state index is 0.749. The summed E-state index contributed by atoms with van der Waals surface area (Å²) in [6.45, 7) is 2.96. The van der Waals surface area contributed by atoms with Crippen molar-refractivity contribution in [3.8, 4) is 10.7 Å². The van der Waals surface area contributed by atoms with Crippen LogP contribution in [-0.2, 0) is 12.8 Å². The first-order valence-electron chi connectivity index (χ1n) is 9.00. The van der Waals surface area contributed by atoms with Crippen molar-refractivity contribution in [2.24, 2.45) is 5.73 Å². The van der Waals surface area contributed by atoms with Crippen LogP contribution in [0, 0.1) is 0 Å². The second kappa shape index (κ2) is 6.98. The molecular weight excluding hydrogens is 326 g/mol. The SMILES string of the molecule is CCc1cccc2c(CCCCN)c(-c3nc4ccccc4s3)[nH]c12. The molecule has 0 unspecified atom stereocenters. The van der Waals surface area contributed by atoms with Gasteiger partial charge in [-0.1, -0.05) is 37.3 Å². The predicted octanol–water partition coefficient (Wildman–Crippen LogP) is 5.29. The van der Waals surface area contributed by atoms with Crippen LogP contribution in [0.5, 0.6) is 0 Å². The van der Waals surface area contributed by atoms with E-state index in [4.69, 9.17) is 10.7 Å². The molecule has 0 fully saturated rings. The number of fused-ring (bicyclic) bond motifs is 2. The number of nitrogens with two attached hydrogens (primary N) is 1. The van der Waals surface area contributed by atoms with Crippen LogP contribution < -0.4 is 5.73 Å². The highest BCUT2D eigenvalue weighted by atomic mass is 32.1. The van der Waals surface area contributed by atoms with Gasteiger partial charge in [-0.3, -0.25) is 0 Å². The predicted molar refractivity (Wildman–Crippen MR) is 108 cm³/mol. The van der Waals surface area contributed by atoms with Crippen molar-refractivity contribution in [2.75, 3.05) is 6.54 Å². The third kappa shape index (κ3) is 2.96. The van der Waals surface area contributed by atoms with Gasteiger partial charge in [0.15, 0.2) is 0 Å². The molecule has 3 nitrogen and oxygen atoms in total. The molecule has 4 rings (SSSR count). The number of nitrogens with one attached hydrogen (secondary N) is 1. The van der Waals surface area contributed by atoms with Gasteiger partial charge in [-0.25, -0.2) is 4.98 Å². The van der Waals surface area contributed by atoms with Crippen LogP contribution in [0.1, 0.15) is 30.9 Å². The molecule has 2 aromatic carbocycles. The number of unbranched alkanes of at least 4 members (excludes halogenated alkanes) is 1. The van der Waals surface area contributed by atoms with Gasteiger partial charge in [-0.05, 0) is 55.5 Å². The van der Waals surface area contributed by atoms with E-state index in [1.165, 1.54) is 32.4 Å². The van der Waals surface area contributed by atoms with Crippen molar-refractivity contribution >= 4 is 32.5 Å². The fourth-order valence-electron chi connectivity index (χ4n) is 3.50. The summed E-state index contributed by atoms with van der Waals surface area (Å²) in [5.74, 6) is 0. The maximum atomic E-state index is 5.71. The van der Waals surface area contributed by atoms with E-state index in [2.05, 4.69) is 48.3 Å². The molecule has 4 heteroatoms. The van der Waals surface area contributed by atoms with E-state index in [-0.39, 0.29) is 0 Å². The zero-order valence-corrected chi connectivity index (χ0v) is 15.3. The summed E-state index contributed by atoms with van der Waals surface area (Å²) in [5, 5.41) is 2.42. The van der Waals surface area contributed by atoms with Crippen molar-refractivity contribution in [3.05, 3.63) is 53.6 Å². The summed E-state index contributed by atoms with van der Waals surface area (Å²) in [6.07, 6.45) is 4.23. The summed E-state index contributed by atoms with van der Waals surface area (Å²) in [7, 11) is 0. The zero-order chi connectivity index (χ0) is 17.2. The number of benzene rings is 2. The van der Waals surface area contributed by atoms with Crippen LogP contribution >= 0.6 is 11.3 Å². The van der Waals surface area contributed by atoms with Crippen molar-refractivity contribution in [1.82, 2.24) is 9.97 Å². The summed E-state index contributed by atoms with van der Waals surface area (Å²) in [4.78, 5) is 8.59. The summed E-state index contributed by atoms with van der Waals surface area (Å²) in [6, 6.07) is 15.0. The van der Waals surface area contributed by atoms with Crippen LogP contribution in [-0.4, -0.2) is 16.5 Å². The first-order chi connectivity index (χ1) is 12.3. The third-order valence-corrected chi connectivity index (χ3v) is 5.85. The molecule has 0 saturated heterocycles. The number of aromatic amines is 1. The van der Waals surface area contributed by atoms with Gasteiger partial charge in [0.25, 0.3) is 0 Å². The molecule has 25 heavy (non-hydrogen) atoms.